The minimum atomic E-state index is 1.02. The zero-order valence-electron chi connectivity index (χ0n) is 11.0. The smallest absolute Gasteiger partial charge is 0.0751 e. The van der Waals surface area contributed by atoms with Gasteiger partial charge in [0.25, 0.3) is 0 Å². The lowest BCUT2D eigenvalue weighted by atomic mass is 10.2. The quantitative estimate of drug-likeness (QED) is 0.819. The van der Waals surface area contributed by atoms with E-state index in [9.17, 15) is 0 Å². The van der Waals surface area contributed by atoms with Crippen LogP contribution in [0.2, 0.25) is 0 Å². The molecule has 2 heterocycles. The van der Waals surface area contributed by atoms with E-state index in [1.165, 1.54) is 43.6 Å². The molecule has 0 spiro atoms. The minimum Gasteiger partial charge on any atom is -0.334 e. The SMILES string of the molecule is CCN1CCN(Cn2ccc3ccccc32)CC1. The molecule has 1 aromatic carbocycles. The van der Waals surface area contributed by atoms with Gasteiger partial charge >= 0.3 is 0 Å². The van der Waals surface area contributed by atoms with E-state index >= 15 is 0 Å². The van der Waals surface area contributed by atoms with Crippen LogP contribution in [0.5, 0.6) is 0 Å². The lowest BCUT2D eigenvalue weighted by Crippen LogP contribution is -2.46. The summed E-state index contributed by atoms with van der Waals surface area (Å²) in [4.78, 5) is 5.06. The first-order valence-electron chi connectivity index (χ1n) is 6.85. The van der Waals surface area contributed by atoms with Gasteiger partial charge in [-0.05, 0) is 24.1 Å². The van der Waals surface area contributed by atoms with Gasteiger partial charge in [0.1, 0.15) is 0 Å². The van der Waals surface area contributed by atoms with Gasteiger partial charge in [0, 0.05) is 37.9 Å². The molecule has 18 heavy (non-hydrogen) atoms. The Bertz CT molecular complexity index is 509. The first-order valence-corrected chi connectivity index (χ1v) is 6.85. The zero-order chi connectivity index (χ0) is 12.4. The Hall–Kier alpha value is -1.32. The number of benzene rings is 1. The Balaban J connectivity index is 1.70. The third-order valence-electron chi connectivity index (χ3n) is 3.94. The zero-order valence-corrected chi connectivity index (χ0v) is 11.0. The molecule has 0 unspecified atom stereocenters. The van der Waals surface area contributed by atoms with Gasteiger partial charge in [-0.1, -0.05) is 25.1 Å². The standard InChI is InChI=1S/C15H21N3/c1-2-16-9-11-17(12-10-16)13-18-8-7-14-5-3-4-6-15(14)18/h3-8H,2,9-13H2,1H3. The average molecular weight is 243 g/mol. The van der Waals surface area contributed by atoms with Crippen molar-refractivity contribution in [3.63, 3.8) is 0 Å². The van der Waals surface area contributed by atoms with E-state index in [0.717, 1.165) is 6.67 Å². The molecule has 1 aliphatic rings. The summed E-state index contributed by atoms with van der Waals surface area (Å²) < 4.78 is 2.36. The summed E-state index contributed by atoms with van der Waals surface area (Å²) in [6, 6.07) is 10.8. The van der Waals surface area contributed by atoms with Gasteiger partial charge in [0.2, 0.25) is 0 Å². The molecule has 0 radical (unpaired) electrons. The highest BCUT2D eigenvalue weighted by Gasteiger charge is 2.15. The van der Waals surface area contributed by atoms with Crippen LogP contribution in [0, 0.1) is 0 Å². The highest BCUT2D eigenvalue weighted by atomic mass is 15.3. The maximum absolute atomic E-state index is 2.54. The summed E-state index contributed by atoms with van der Waals surface area (Å²) in [5.74, 6) is 0. The van der Waals surface area contributed by atoms with Gasteiger partial charge in [0.05, 0.1) is 6.67 Å². The van der Waals surface area contributed by atoms with E-state index < -0.39 is 0 Å². The molecule has 0 N–H and O–H groups in total. The van der Waals surface area contributed by atoms with Gasteiger partial charge < -0.3 is 9.47 Å². The Morgan fingerprint density at radius 2 is 1.67 bits per heavy atom. The number of fused-ring (bicyclic) bond motifs is 1. The topological polar surface area (TPSA) is 11.4 Å². The molecular weight excluding hydrogens is 222 g/mol. The van der Waals surface area contributed by atoms with Crippen molar-refractivity contribution in [2.24, 2.45) is 0 Å². The first kappa shape index (κ1) is 11.8. The summed E-state index contributed by atoms with van der Waals surface area (Å²) in [6.07, 6.45) is 2.21. The van der Waals surface area contributed by atoms with Crippen LogP contribution >= 0.6 is 0 Å². The Labute approximate surface area is 109 Å². The second-order valence-corrected chi connectivity index (χ2v) is 5.04. The average Bonchev–Trinajstić information content (AvgIpc) is 2.83. The van der Waals surface area contributed by atoms with Crippen LogP contribution in [0.25, 0.3) is 10.9 Å². The molecule has 0 amide bonds. The molecule has 0 aliphatic carbocycles. The number of nitrogens with zero attached hydrogens (tertiary/aromatic N) is 3. The van der Waals surface area contributed by atoms with Crippen molar-refractivity contribution in [1.82, 2.24) is 14.4 Å². The molecule has 3 rings (SSSR count). The summed E-state index contributed by atoms with van der Waals surface area (Å²) in [6.45, 7) is 9.21. The van der Waals surface area contributed by atoms with Crippen molar-refractivity contribution in [2.75, 3.05) is 32.7 Å². The van der Waals surface area contributed by atoms with E-state index in [1.807, 2.05) is 0 Å². The highest BCUT2D eigenvalue weighted by Crippen LogP contribution is 2.16. The fraction of sp³-hybridized carbons (Fsp3) is 0.467. The van der Waals surface area contributed by atoms with Crippen LogP contribution in [-0.2, 0) is 6.67 Å². The van der Waals surface area contributed by atoms with Gasteiger partial charge in [-0.25, -0.2) is 0 Å². The second kappa shape index (κ2) is 5.12. The number of piperazine rings is 1. The maximum Gasteiger partial charge on any atom is 0.0751 e. The van der Waals surface area contributed by atoms with Gasteiger partial charge in [-0.2, -0.15) is 0 Å². The normalized spacial score (nSPS) is 18.5. The van der Waals surface area contributed by atoms with E-state index in [4.69, 9.17) is 0 Å². The number of aromatic nitrogens is 1. The molecule has 1 aromatic heterocycles. The summed E-state index contributed by atoms with van der Waals surface area (Å²) >= 11 is 0. The molecule has 0 saturated carbocycles. The molecule has 3 nitrogen and oxygen atoms in total. The van der Waals surface area contributed by atoms with E-state index in [0.29, 0.717) is 0 Å². The molecule has 2 aromatic rings. The van der Waals surface area contributed by atoms with Crippen molar-refractivity contribution in [3.05, 3.63) is 36.5 Å². The second-order valence-electron chi connectivity index (χ2n) is 5.04. The van der Waals surface area contributed by atoms with Gasteiger partial charge in [-0.3, -0.25) is 4.90 Å². The van der Waals surface area contributed by atoms with Crippen LogP contribution in [0.3, 0.4) is 0 Å². The lowest BCUT2D eigenvalue weighted by Gasteiger charge is -2.34. The largest absolute Gasteiger partial charge is 0.334 e. The molecule has 1 fully saturated rings. The van der Waals surface area contributed by atoms with E-state index in [-0.39, 0.29) is 0 Å². The van der Waals surface area contributed by atoms with E-state index in [2.05, 4.69) is 57.8 Å². The van der Waals surface area contributed by atoms with Crippen molar-refractivity contribution in [1.29, 1.82) is 0 Å². The number of rotatable bonds is 3. The predicted molar refractivity (Wildman–Crippen MR) is 75.6 cm³/mol. The van der Waals surface area contributed by atoms with Crippen LogP contribution < -0.4 is 0 Å². The molecule has 0 atom stereocenters. The van der Waals surface area contributed by atoms with Crippen LogP contribution in [-0.4, -0.2) is 47.1 Å². The predicted octanol–water partition coefficient (Wildman–Crippen LogP) is 2.24. The third-order valence-corrected chi connectivity index (χ3v) is 3.94. The summed E-state index contributed by atoms with van der Waals surface area (Å²) in [5, 5.41) is 1.34. The Morgan fingerprint density at radius 1 is 0.944 bits per heavy atom. The molecule has 1 aliphatic heterocycles. The monoisotopic (exact) mass is 243 g/mol. The molecule has 3 heteroatoms. The number of likely N-dealkylation sites (N-methyl/N-ethyl adjacent to an activating group) is 1. The van der Waals surface area contributed by atoms with Gasteiger partial charge in [-0.15, -0.1) is 0 Å². The highest BCUT2D eigenvalue weighted by molar-refractivity contribution is 5.79. The van der Waals surface area contributed by atoms with Crippen molar-refractivity contribution < 1.29 is 0 Å². The number of hydrogen-bond acceptors (Lipinski definition) is 2. The van der Waals surface area contributed by atoms with Crippen molar-refractivity contribution in [2.45, 2.75) is 13.6 Å². The number of para-hydroxylation sites is 1. The third kappa shape index (κ3) is 2.28. The Morgan fingerprint density at radius 3 is 2.44 bits per heavy atom. The summed E-state index contributed by atoms with van der Waals surface area (Å²) in [5.41, 5.74) is 1.34. The molecule has 1 saturated heterocycles. The lowest BCUT2D eigenvalue weighted by molar-refractivity contribution is 0.113. The number of hydrogen-bond donors (Lipinski definition) is 0. The fourth-order valence-electron chi connectivity index (χ4n) is 2.73. The van der Waals surface area contributed by atoms with Crippen molar-refractivity contribution in [3.8, 4) is 0 Å². The molecule has 96 valence electrons. The van der Waals surface area contributed by atoms with Gasteiger partial charge in [0.15, 0.2) is 0 Å². The fourth-order valence-corrected chi connectivity index (χ4v) is 2.73. The van der Waals surface area contributed by atoms with E-state index in [1.54, 1.807) is 0 Å². The summed E-state index contributed by atoms with van der Waals surface area (Å²) in [7, 11) is 0. The van der Waals surface area contributed by atoms with Crippen LogP contribution in [0.4, 0.5) is 0 Å². The molecule has 0 bridgehead atoms. The van der Waals surface area contributed by atoms with Crippen LogP contribution in [0.15, 0.2) is 36.5 Å². The molecular formula is C15H21N3. The minimum absolute atomic E-state index is 1.02. The Kier molecular flexibility index (Phi) is 3.35. The van der Waals surface area contributed by atoms with Crippen molar-refractivity contribution >= 4 is 10.9 Å². The maximum atomic E-state index is 2.54. The van der Waals surface area contributed by atoms with Crippen LogP contribution in [0.1, 0.15) is 6.92 Å². The first-order chi connectivity index (χ1) is 8.86.